The van der Waals surface area contributed by atoms with Gasteiger partial charge in [0.15, 0.2) is 11.6 Å². The molecule has 0 bridgehead atoms. The number of aliphatic hydroxyl groups is 1. The molecular formula is C26H43N5O. The Bertz CT molecular complexity index is 887. The minimum atomic E-state index is -0.571. The summed E-state index contributed by atoms with van der Waals surface area (Å²) in [4.78, 5) is 12.9. The molecule has 0 radical (unpaired) electrons. The molecule has 4 rings (SSSR count). The number of fused-ring (bicyclic) bond motifs is 2. The van der Waals surface area contributed by atoms with Crippen LogP contribution in [-0.2, 0) is 0 Å². The molecule has 2 fully saturated rings. The molecule has 3 N–H and O–H groups in total. The molecule has 3 aliphatic rings. The lowest BCUT2D eigenvalue weighted by atomic mass is 9.42. The van der Waals surface area contributed by atoms with E-state index in [1.807, 2.05) is 7.05 Å². The van der Waals surface area contributed by atoms with Crippen LogP contribution < -0.4 is 15.5 Å². The lowest BCUT2D eigenvalue weighted by molar-refractivity contribution is -0.247. The van der Waals surface area contributed by atoms with Gasteiger partial charge in [-0.25, -0.2) is 9.97 Å². The zero-order valence-electron chi connectivity index (χ0n) is 21.0. The molecule has 0 amide bonds. The maximum atomic E-state index is 12.2. The largest absolute Gasteiger partial charge is 0.389 e. The van der Waals surface area contributed by atoms with Gasteiger partial charge in [0.25, 0.3) is 0 Å². The molecule has 6 nitrogen and oxygen atoms in total. The molecule has 0 saturated heterocycles. The third-order valence-corrected chi connectivity index (χ3v) is 9.93. The fraction of sp³-hybridized carbons (Fsp3) is 0.769. The van der Waals surface area contributed by atoms with Gasteiger partial charge in [-0.2, -0.15) is 0 Å². The van der Waals surface area contributed by atoms with Gasteiger partial charge < -0.3 is 20.6 Å². The summed E-state index contributed by atoms with van der Waals surface area (Å²) in [5.41, 5.74) is 7.88. The maximum absolute atomic E-state index is 12.2. The van der Waals surface area contributed by atoms with Gasteiger partial charge in [0, 0.05) is 13.6 Å². The molecule has 0 spiro atoms. The Balaban J connectivity index is 1.48. The van der Waals surface area contributed by atoms with Gasteiger partial charge in [0.1, 0.15) is 12.0 Å². The highest BCUT2D eigenvalue weighted by atomic mass is 16.3. The van der Waals surface area contributed by atoms with Gasteiger partial charge >= 0.3 is 0 Å². The van der Waals surface area contributed by atoms with Crippen LogP contribution in [0.25, 0.3) is 0 Å². The second-order valence-corrected chi connectivity index (χ2v) is 11.5. The van der Waals surface area contributed by atoms with Gasteiger partial charge in [-0.3, -0.25) is 0 Å². The van der Waals surface area contributed by atoms with E-state index in [0.29, 0.717) is 17.7 Å². The van der Waals surface area contributed by atoms with Crippen LogP contribution in [0, 0.1) is 22.7 Å². The first-order valence-corrected chi connectivity index (χ1v) is 12.5. The second-order valence-electron chi connectivity index (χ2n) is 11.5. The predicted molar refractivity (Wildman–Crippen MR) is 133 cm³/mol. The molecule has 1 aliphatic heterocycles. The van der Waals surface area contributed by atoms with E-state index in [-0.39, 0.29) is 10.8 Å². The van der Waals surface area contributed by atoms with E-state index in [0.717, 1.165) is 56.8 Å². The topological polar surface area (TPSA) is 78.5 Å². The van der Waals surface area contributed by atoms with E-state index >= 15 is 0 Å². The summed E-state index contributed by atoms with van der Waals surface area (Å²) in [5.74, 6) is 2.57. The van der Waals surface area contributed by atoms with Crippen LogP contribution in [0.15, 0.2) is 18.0 Å². The molecule has 2 aliphatic carbocycles. The van der Waals surface area contributed by atoms with Crippen molar-refractivity contribution in [3.8, 4) is 0 Å². The minimum Gasteiger partial charge on any atom is -0.389 e. The first kappa shape index (κ1) is 23.3. The Morgan fingerprint density at radius 1 is 1.22 bits per heavy atom. The molecule has 5 atom stereocenters. The van der Waals surface area contributed by atoms with Crippen molar-refractivity contribution in [3.05, 3.63) is 18.0 Å². The number of hydrogen-bond acceptors (Lipinski definition) is 6. The van der Waals surface area contributed by atoms with Crippen molar-refractivity contribution in [2.24, 2.45) is 22.7 Å². The summed E-state index contributed by atoms with van der Waals surface area (Å²) >= 11 is 0. The number of aromatic nitrogens is 2. The SMILES string of the molecule is C/C(=C\CN1CN(C)c2ncnc(N)c21)CC[C@@]1(C)[C@H](C)CC[C@@]2(C)[C@H](C)CCC[C@]12O. The van der Waals surface area contributed by atoms with Crippen molar-refractivity contribution in [1.82, 2.24) is 9.97 Å². The third kappa shape index (κ3) is 3.41. The first-order valence-electron chi connectivity index (χ1n) is 12.5. The smallest absolute Gasteiger partial charge is 0.159 e. The van der Waals surface area contributed by atoms with E-state index in [4.69, 9.17) is 5.73 Å². The Morgan fingerprint density at radius 2 is 1.97 bits per heavy atom. The van der Waals surface area contributed by atoms with Crippen molar-refractivity contribution in [3.63, 3.8) is 0 Å². The fourth-order valence-electron chi connectivity index (χ4n) is 7.10. The van der Waals surface area contributed by atoms with Crippen LogP contribution in [0.1, 0.15) is 79.6 Å². The minimum absolute atomic E-state index is 0.0332. The second kappa shape index (κ2) is 8.19. The van der Waals surface area contributed by atoms with Gasteiger partial charge in [-0.1, -0.05) is 45.8 Å². The molecule has 0 unspecified atom stereocenters. The molecule has 1 aromatic rings. The Hall–Kier alpha value is -1.82. The average Bonchev–Trinajstić information content (AvgIpc) is 3.08. The normalized spacial score (nSPS) is 37.4. The van der Waals surface area contributed by atoms with E-state index in [1.165, 1.54) is 24.7 Å². The molecule has 6 heteroatoms. The Labute approximate surface area is 194 Å². The van der Waals surface area contributed by atoms with Crippen LogP contribution in [0.2, 0.25) is 0 Å². The van der Waals surface area contributed by atoms with Crippen molar-refractivity contribution in [2.75, 3.05) is 35.8 Å². The standard InChI is InChI=1S/C26H43N5O/c1-18(11-15-31-17-30(6)23-21(31)22(27)28-16-29-23)9-13-24(4)20(3)10-14-25(5)19(2)8-7-12-26(24,25)32/h11,16,19-20,32H,7-10,12-15,17H2,1-6H3,(H2,27,28,29)/b18-11+/t19-,20-,24+,25+,26+/m1/s1. The van der Waals surface area contributed by atoms with Gasteiger partial charge in [0.2, 0.25) is 0 Å². The van der Waals surface area contributed by atoms with E-state index in [9.17, 15) is 5.11 Å². The van der Waals surface area contributed by atoms with Crippen molar-refractivity contribution in [1.29, 1.82) is 0 Å². The lowest BCUT2D eigenvalue weighted by Crippen LogP contribution is -2.66. The quantitative estimate of drug-likeness (QED) is 0.627. The van der Waals surface area contributed by atoms with E-state index in [1.54, 1.807) is 0 Å². The number of rotatable bonds is 5. The number of nitrogens with zero attached hydrogens (tertiary/aromatic N) is 4. The molecule has 0 aromatic carbocycles. The maximum Gasteiger partial charge on any atom is 0.159 e. The molecule has 1 aromatic heterocycles. The van der Waals surface area contributed by atoms with Crippen LogP contribution in [0.3, 0.4) is 0 Å². The highest BCUT2D eigenvalue weighted by Crippen LogP contribution is 2.65. The first-order chi connectivity index (χ1) is 15.0. The average molecular weight is 442 g/mol. The summed E-state index contributed by atoms with van der Waals surface area (Å²) in [6.07, 6.45) is 11.6. The zero-order chi connectivity index (χ0) is 23.3. The van der Waals surface area contributed by atoms with Crippen LogP contribution in [0.5, 0.6) is 0 Å². The molecular weight excluding hydrogens is 398 g/mol. The molecule has 2 saturated carbocycles. The third-order valence-electron chi connectivity index (χ3n) is 9.93. The number of nitrogens with two attached hydrogens (primary N) is 1. The number of nitrogen functional groups attached to an aromatic ring is 1. The van der Waals surface area contributed by atoms with Crippen molar-refractivity contribution in [2.45, 2.75) is 85.2 Å². The van der Waals surface area contributed by atoms with Crippen molar-refractivity contribution < 1.29 is 5.11 Å². The van der Waals surface area contributed by atoms with Gasteiger partial charge in [0.05, 0.1) is 12.3 Å². The number of anilines is 3. The van der Waals surface area contributed by atoms with Crippen LogP contribution in [-0.4, -0.2) is 40.9 Å². The highest BCUT2D eigenvalue weighted by molar-refractivity contribution is 5.81. The van der Waals surface area contributed by atoms with E-state index in [2.05, 4.69) is 60.5 Å². The zero-order valence-corrected chi connectivity index (χ0v) is 21.0. The monoisotopic (exact) mass is 441 g/mol. The van der Waals surface area contributed by atoms with E-state index < -0.39 is 5.60 Å². The summed E-state index contributed by atoms with van der Waals surface area (Å²) in [6.45, 7) is 13.3. The van der Waals surface area contributed by atoms with Crippen LogP contribution >= 0.6 is 0 Å². The summed E-state index contributed by atoms with van der Waals surface area (Å²) in [6, 6.07) is 0. The Kier molecular flexibility index (Phi) is 5.98. The number of allylic oxidation sites excluding steroid dienone is 1. The van der Waals surface area contributed by atoms with Gasteiger partial charge in [-0.05, 0) is 68.1 Å². The summed E-state index contributed by atoms with van der Waals surface area (Å²) < 4.78 is 0. The molecule has 2 heterocycles. The molecule has 178 valence electrons. The summed E-state index contributed by atoms with van der Waals surface area (Å²) in [5, 5.41) is 12.2. The summed E-state index contributed by atoms with van der Waals surface area (Å²) in [7, 11) is 2.04. The predicted octanol–water partition coefficient (Wildman–Crippen LogP) is 4.99. The lowest BCUT2D eigenvalue weighted by Gasteiger charge is -2.65. The van der Waals surface area contributed by atoms with Gasteiger partial charge in [-0.15, -0.1) is 0 Å². The number of hydrogen-bond donors (Lipinski definition) is 2. The van der Waals surface area contributed by atoms with Crippen molar-refractivity contribution >= 4 is 17.3 Å². The van der Waals surface area contributed by atoms with Crippen LogP contribution in [0.4, 0.5) is 17.3 Å². The highest BCUT2D eigenvalue weighted by Gasteiger charge is 2.64. The Morgan fingerprint density at radius 3 is 2.72 bits per heavy atom. The molecule has 32 heavy (non-hydrogen) atoms. The fourth-order valence-corrected chi connectivity index (χ4v) is 7.10.